The van der Waals surface area contributed by atoms with Crippen LogP contribution < -0.4 is 11.2 Å². The molecular weight excluding hydrogens is 272 g/mol. The summed E-state index contributed by atoms with van der Waals surface area (Å²) >= 11 is 1.47. The second kappa shape index (κ2) is 5.91. The van der Waals surface area contributed by atoms with Gasteiger partial charge >= 0.3 is 5.69 Å². The maximum absolute atomic E-state index is 11.8. The van der Waals surface area contributed by atoms with Crippen molar-refractivity contribution in [2.75, 3.05) is 12.9 Å². The molecule has 0 aromatic carbocycles. The van der Waals surface area contributed by atoms with Crippen LogP contribution in [0.1, 0.15) is 18.2 Å². The first kappa shape index (κ1) is 14.3. The second-order valence-corrected chi connectivity index (χ2v) is 5.23. The molecule has 3 atom stereocenters. The van der Waals surface area contributed by atoms with Crippen molar-refractivity contribution >= 4 is 11.8 Å². The average molecular weight is 288 g/mol. The van der Waals surface area contributed by atoms with Crippen molar-refractivity contribution in [2.45, 2.75) is 30.6 Å². The standard InChI is InChI=1S/C11H16N2O5S/c1-19-5-6-3-13(11(17)12-10(6)16)9-2-7(15)8(4-14)18-9/h3,7-9,14-15H,2,4-5H2,1H3,(H,12,16,17)/t7?,8-,9?/m1/s1. The number of H-pyrrole nitrogens is 1. The van der Waals surface area contributed by atoms with Crippen molar-refractivity contribution in [2.24, 2.45) is 0 Å². The smallest absolute Gasteiger partial charge is 0.330 e. The van der Waals surface area contributed by atoms with Gasteiger partial charge in [-0.1, -0.05) is 0 Å². The first-order valence-electron chi connectivity index (χ1n) is 5.84. The molecule has 7 nitrogen and oxygen atoms in total. The normalized spacial score (nSPS) is 26.8. The fourth-order valence-electron chi connectivity index (χ4n) is 2.05. The summed E-state index contributed by atoms with van der Waals surface area (Å²) in [4.78, 5) is 25.6. The zero-order chi connectivity index (χ0) is 14.0. The van der Waals surface area contributed by atoms with Crippen molar-refractivity contribution in [3.05, 3.63) is 32.6 Å². The molecular formula is C11H16N2O5S. The minimum atomic E-state index is -0.821. The van der Waals surface area contributed by atoms with Gasteiger partial charge in [0.15, 0.2) is 0 Å². The van der Waals surface area contributed by atoms with E-state index in [1.165, 1.54) is 22.5 Å². The fraction of sp³-hybridized carbons (Fsp3) is 0.636. The quantitative estimate of drug-likeness (QED) is 0.659. The highest BCUT2D eigenvalue weighted by molar-refractivity contribution is 7.97. The number of hydrogen-bond donors (Lipinski definition) is 3. The van der Waals surface area contributed by atoms with Gasteiger partial charge in [0.1, 0.15) is 12.3 Å². The van der Waals surface area contributed by atoms with E-state index < -0.39 is 29.7 Å². The van der Waals surface area contributed by atoms with Crippen LogP contribution in [-0.2, 0) is 10.5 Å². The van der Waals surface area contributed by atoms with Crippen molar-refractivity contribution in [3.8, 4) is 0 Å². The SMILES string of the molecule is CSCc1cn(C2CC(O)[C@@H](CO)O2)c(=O)[nH]c1=O. The summed E-state index contributed by atoms with van der Waals surface area (Å²) in [6.07, 6.45) is 1.32. The number of ether oxygens (including phenoxy) is 1. The Hall–Kier alpha value is -1.09. The molecule has 106 valence electrons. The Morgan fingerprint density at radius 3 is 2.89 bits per heavy atom. The predicted molar refractivity (Wildman–Crippen MR) is 70.2 cm³/mol. The molecule has 3 N–H and O–H groups in total. The molecule has 8 heteroatoms. The van der Waals surface area contributed by atoms with Crippen molar-refractivity contribution in [3.63, 3.8) is 0 Å². The molecule has 1 saturated heterocycles. The molecule has 0 spiro atoms. The largest absolute Gasteiger partial charge is 0.394 e. The summed E-state index contributed by atoms with van der Waals surface area (Å²) in [7, 11) is 0. The molecule has 1 aromatic heterocycles. The van der Waals surface area contributed by atoms with Crippen LogP contribution in [0.5, 0.6) is 0 Å². The van der Waals surface area contributed by atoms with E-state index in [0.717, 1.165) is 0 Å². The third-order valence-corrected chi connectivity index (χ3v) is 3.64. The Morgan fingerprint density at radius 2 is 2.32 bits per heavy atom. The van der Waals surface area contributed by atoms with Crippen molar-refractivity contribution in [1.82, 2.24) is 9.55 Å². The van der Waals surface area contributed by atoms with Gasteiger partial charge < -0.3 is 14.9 Å². The van der Waals surface area contributed by atoms with E-state index in [-0.39, 0.29) is 13.0 Å². The van der Waals surface area contributed by atoms with E-state index in [2.05, 4.69) is 4.98 Å². The summed E-state index contributed by atoms with van der Waals surface area (Å²) in [5.41, 5.74) is -0.517. The molecule has 2 heterocycles. The third-order valence-electron chi connectivity index (χ3n) is 3.04. The number of rotatable bonds is 4. The molecule has 1 aromatic rings. The minimum Gasteiger partial charge on any atom is -0.394 e. The van der Waals surface area contributed by atoms with Gasteiger partial charge in [-0.15, -0.1) is 0 Å². The van der Waals surface area contributed by atoms with E-state index in [1.807, 2.05) is 6.26 Å². The van der Waals surface area contributed by atoms with Crippen LogP contribution in [0, 0.1) is 0 Å². The van der Waals surface area contributed by atoms with E-state index >= 15 is 0 Å². The Kier molecular flexibility index (Phi) is 4.46. The summed E-state index contributed by atoms with van der Waals surface area (Å²) in [5.74, 6) is 0.480. The molecule has 0 radical (unpaired) electrons. The summed E-state index contributed by atoms with van der Waals surface area (Å²) in [6, 6.07) is 0. The molecule has 1 fully saturated rings. The highest BCUT2D eigenvalue weighted by Gasteiger charge is 2.35. The highest BCUT2D eigenvalue weighted by atomic mass is 32.2. The zero-order valence-corrected chi connectivity index (χ0v) is 11.2. The zero-order valence-electron chi connectivity index (χ0n) is 10.4. The van der Waals surface area contributed by atoms with E-state index in [0.29, 0.717) is 11.3 Å². The maximum Gasteiger partial charge on any atom is 0.330 e. The van der Waals surface area contributed by atoms with Crippen LogP contribution in [0.25, 0.3) is 0 Å². The van der Waals surface area contributed by atoms with Crippen LogP contribution in [-0.4, -0.2) is 44.8 Å². The lowest BCUT2D eigenvalue weighted by molar-refractivity contribution is -0.0459. The Morgan fingerprint density at radius 1 is 1.58 bits per heavy atom. The van der Waals surface area contributed by atoms with Crippen LogP contribution >= 0.6 is 11.8 Å². The van der Waals surface area contributed by atoms with Crippen LogP contribution in [0.2, 0.25) is 0 Å². The second-order valence-electron chi connectivity index (χ2n) is 4.37. The van der Waals surface area contributed by atoms with Gasteiger partial charge in [0.05, 0.1) is 12.7 Å². The Labute approximate surface area is 113 Å². The number of aromatic nitrogens is 2. The lowest BCUT2D eigenvalue weighted by Gasteiger charge is -2.15. The number of nitrogens with zero attached hydrogens (tertiary/aromatic N) is 1. The maximum atomic E-state index is 11.8. The Balaban J connectivity index is 2.33. The molecule has 0 amide bonds. The molecule has 1 aliphatic heterocycles. The van der Waals surface area contributed by atoms with Crippen LogP contribution in [0.15, 0.2) is 15.8 Å². The summed E-state index contributed by atoms with van der Waals surface area (Å²) in [5, 5.41) is 18.7. The van der Waals surface area contributed by atoms with Gasteiger partial charge in [0, 0.05) is 23.9 Å². The lowest BCUT2D eigenvalue weighted by Crippen LogP contribution is -2.34. The number of thioether (sulfide) groups is 1. The molecule has 19 heavy (non-hydrogen) atoms. The van der Waals surface area contributed by atoms with Crippen molar-refractivity contribution < 1.29 is 14.9 Å². The number of aromatic amines is 1. The van der Waals surface area contributed by atoms with Gasteiger partial charge in [-0.3, -0.25) is 14.3 Å². The van der Waals surface area contributed by atoms with E-state index in [1.54, 1.807) is 0 Å². The summed E-state index contributed by atoms with van der Waals surface area (Å²) in [6.45, 7) is -0.312. The molecule has 0 aliphatic carbocycles. The van der Waals surface area contributed by atoms with Gasteiger partial charge in [-0.05, 0) is 6.26 Å². The topological polar surface area (TPSA) is 105 Å². The number of aliphatic hydroxyl groups is 2. The van der Waals surface area contributed by atoms with E-state index in [4.69, 9.17) is 9.84 Å². The van der Waals surface area contributed by atoms with Gasteiger partial charge in [0.2, 0.25) is 0 Å². The number of aliphatic hydroxyl groups excluding tert-OH is 2. The fourth-order valence-corrected chi connectivity index (χ4v) is 2.57. The summed E-state index contributed by atoms with van der Waals surface area (Å²) < 4.78 is 6.65. The number of hydrogen-bond acceptors (Lipinski definition) is 6. The average Bonchev–Trinajstić information content (AvgIpc) is 2.74. The van der Waals surface area contributed by atoms with Crippen molar-refractivity contribution in [1.29, 1.82) is 0 Å². The highest BCUT2D eigenvalue weighted by Crippen LogP contribution is 2.27. The Bertz CT molecular complexity index is 555. The first-order valence-corrected chi connectivity index (χ1v) is 7.24. The van der Waals surface area contributed by atoms with Gasteiger partial charge in [0.25, 0.3) is 5.56 Å². The van der Waals surface area contributed by atoms with Crippen LogP contribution in [0.3, 0.4) is 0 Å². The van der Waals surface area contributed by atoms with Crippen LogP contribution in [0.4, 0.5) is 0 Å². The molecule has 1 aliphatic rings. The lowest BCUT2D eigenvalue weighted by atomic mass is 10.2. The van der Waals surface area contributed by atoms with Gasteiger partial charge in [-0.2, -0.15) is 11.8 Å². The molecule has 0 bridgehead atoms. The number of nitrogens with one attached hydrogen (secondary N) is 1. The monoisotopic (exact) mass is 288 g/mol. The minimum absolute atomic E-state index is 0.204. The molecule has 2 rings (SSSR count). The first-order chi connectivity index (χ1) is 9.06. The third kappa shape index (κ3) is 2.92. The molecule has 2 unspecified atom stereocenters. The van der Waals surface area contributed by atoms with Gasteiger partial charge in [-0.25, -0.2) is 4.79 Å². The molecule has 0 saturated carbocycles. The van der Waals surface area contributed by atoms with E-state index in [9.17, 15) is 14.7 Å². The predicted octanol–water partition coefficient (Wildman–Crippen LogP) is -0.960.